The molecule has 3 aromatic rings. The third-order valence-electron chi connectivity index (χ3n) is 4.90. The standard InChI is InChI=1S/C22H21NO3S/c1-14(24)23-17-9-10-18-16(11-22(25)26-20(18)12-17)13-27-21-8-4-6-15-5-2-3-7-19(15)21/h2-3,5,7,9-12,21H,4,6,8,13H2,1H3,(H,23,24). The highest BCUT2D eigenvalue weighted by Crippen LogP contribution is 2.41. The van der Waals surface area contributed by atoms with Crippen molar-refractivity contribution in [3.8, 4) is 0 Å². The van der Waals surface area contributed by atoms with E-state index in [-0.39, 0.29) is 11.5 Å². The fourth-order valence-corrected chi connectivity index (χ4v) is 5.07. The van der Waals surface area contributed by atoms with Gasteiger partial charge in [-0.3, -0.25) is 4.79 Å². The number of fused-ring (bicyclic) bond motifs is 2. The highest BCUT2D eigenvalue weighted by atomic mass is 32.2. The van der Waals surface area contributed by atoms with E-state index in [4.69, 9.17) is 4.42 Å². The minimum absolute atomic E-state index is 0.153. The lowest BCUT2D eigenvalue weighted by Crippen LogP contribution is -2.08. The van der Waals surface area contributed by atoms with Gasteiger partial charge in [-0.15, -0.1) is 11.8 Å². The third-order valence-corrected chi connectivity index (χ3v) is 6.27. The van der Waals surface area contributed by atoms with Crippen LogP contribution >= 0.6 is 11.8 Å². The lowest BCUT2D eigenvalue weighted by atomic mass is 9.91. The summed E-state index contributed by atoms with van der Waals surface area (Å²) >= 11 is 1.88. The molecule has 0 fully saturated rings. The molecule has 27 heavy (non-hydrogen) atoms. The Morgan fingerprint density at radius 2 is 2.07 bits per heavy atom. The van der Waals surface area contributed by atoms with E-state index in [1.165, 1.54) is 24.5 Å². The van der Waals surface area contributed by atoms with Crippen LogP contribution in [0.4, 0.5) is 5.69 Å². The zero-order valence-electron chi connectivity index (χ0n) is 15.2. The van der Waals surface area contributed by atoms with Crippen molar-refractivity contribution in [2.75, 3.05) is 5.32 Å². The molecule has 0 bridgehead atoms. The maximum absolute atomic E-state index is 12.0. The number of nitrogens with one attached hydrogen (secondary N) is 1. The molecule has 2 aromatic carbocycles. The van der Waals surface area contributed by atoms with Crippen molar-refractivity contribution in [1.29, 1.82) is 0 Å². The van der Waals surface area contributed by atoms with Gasteiger partial charge in [0.2, 0.25) is 5.91 Å². The van der Waals surface area contributed by atoms with Gasteiger partial charge in [-0.2, -0.15) is 0 Å². The molecule has 0 saturated carbocycles. The van der Waals surface area contributed by atoms with Crippen LogP contribution in [0.5, 0.6) is 0 Å². The molecule has 1 aliphatic carbocycles. The van der Waals surface area contributed by atoms with Crippen molar-refractivity contribution in [3.63, 3.8) is 0 Å². The van der Waals surface area contributed by atoms with Crippen LogP contribution in [0, 0.1) is 0 Å². The van der Waals surface area contributed by atoms with Gasteiger partial charge < -0.3 is 9.73 Å². The smallest absolute Gasteiger partial charge is 0.336 e. The molecule has 0 aliphatic heterocycles. The summed E-state index contributed by atoms with van der Waals surface area (Å²) in [6, 6.07) is 15.7. The van der Waals surface area contributed by atoms with Gasteiger partial charge in [-0.1, -0.05) is 24.3 Å². The number of anilines is 1. The number of carbonyl (C=O) groups excluding carboxylic acids is 1. The monoisotopic (exact) mass is 379 g/mol. The summed E-state index contributed by atoms with van der Waals surface area (Å²) in [4.78, 5) is 23.3. The number of hydrogen-bond donors (Lipinski definition) is 1. The predicted octanol–water partition coefficient (Wildman–Crippen LogP) is 5.06. The molecule has 1 amide bonds. The van der Waals surface area contributed by atoms with Gasteiger partial charge in [0.25, 0.3) is 0 Å². The van der Waals surface area contributed by atoms with E-state index in [1.54, 1.807) is 12.1 Å². The van der Waals surface area contributed by atoms with Crippen LogP contribution in [0.25, 0.3) is 11.0 Å². The Morgan fingerprint density at radius 1 is 1.22 bits per heavy atom. The number of carbonyl (C=O) groups is 1. The second kappa shape index (κ2) is 7.61. The van der Waals surface area contributed by atoms with E-state index in [0.29, 0.717) is 16.5 Å². The SMILES string of the molecule is CC(=O)Nc1ccc2c(CSC3CCCc4ccccc43)cc(=O)oc2c1. The van der Waals surface area contributed by atoms with Crippen molar-refractivity contribution in [3.05, 3.63) is 75.6 Å². The minimum atomic E-state index is -0.359. The van der Waals surface area contributed by atoms with Gasteiger partial charge in [0.15, 0.2) is 0 Å². The Balaban J connectivity index is 1.61. The van der Waals surface area contributed by atoms with E-state index >= 15 is 0 Å². The molecule has 4 rings (SSSR count). The van der Waals surface area contributed by atoms with Gasteiger partial charge in [0, 0.05) is 41.1 Å². The molecular formula is C22H21NO3S. The Kier molecular flexibility index (Phi) is 5.03. The molecule has 1 atom stereocenters. The fraction of sp³-hybridized carbons (Fsp3) is 0.273. The molecule has 1 aromatic heterocycles. The van der Waals surface area contributed by atoms with Crippen LogP contribution in [-0.4, -0.2) is 5.91 Å². The minimum Gasteiger partial charge on any atom is -0.423 e. The van der Waals surface area contributed by atoms with Crippen molar-refractivity contribution in [1.82, 2.24) is 0 Å². The molecule has 0 radical (unpaired) electrons. The number of amides is 1. The van der Waals surface area contributed by atoms with Crippen molar-refractivity contribution in [2.45, 2.75) is 37.2 Å². The summed E-state index contributed by atoms with van der Waals surface area (Å²) < 4.78 is 5.36. The first kappa shape index (κ1) is 17.9. The van der Waals surface area contributed by atoms with Crippen LogP contribution in [-0.2, 0) is 17.0 Å². The zero-order chi connectivity index (χ0) is 18.8. The lowest BCUT2D eigenvalue weighted by Gasteiger charge is -2.25. The Morgan fingerprint density at radius 3 is 2.93 bits per heavy atom. The van der Waals surface area contributed by atoms with Gasteiger partial charge in [0.1, 0.15) is 5.58 Å². The number of aryl methyl sites for hydroxylation is 1. The summed E-state index contributed by atoms with van der Waals surface area (Å²) in [5.41, 5.74) is 4.62. The predicted molar refractivity (Wildman–Crippen MR) is 110 cm³/mol. The maximum Gasteiger partial charge on any atom is 0.336 e. The summed E-state index contributed by atoms with van der Waals surface area (Å²) in [6.07, 6.45) is 3.51. The Labute approximate surface area is 162 Å². The molecule has 0 saturated heterocycles. The first-order valence-corrected chi connectivity index (χ1v) is 10.2. The first-order valence-electron chi connectivity index (χ1n) is 9.14. The average molecular weight is 379 g/mol. The summed E-state index contributed by atoms with van der Waals surface area (Å²) in [5, 5.41) is 4.10. The van der Waals surface area contributed by atoms with Crippen molar-refractivity contribution >= 4 is 34.3 Å². The van der Waals surface area contributed by atoms with Gasteiger partial charge in [0.05, 0.1) is 0 Å². The third kappa shape index (κ3) is 3.93. The normalized spacial score (nSPS) is 16.1. The first-order chi connectivity index (χ1) is 13.1. The molecule has 138 valence electrons. The highest BCUT2D eigenvalue weighted by molar-refractivity contribution is 7.98. The number of thioether (sulfide) groups is 1. The van der Waals surface area contributed by atoms with E-state index in [2.05, 4.69) is 29.6 Å². The summed E-state index contributed by atoms with van der Waals surface area (Å²) in [5.74, 6) is 0.597. The summed E-state index contributed by atoms with van der Waals surface area (Å²) in [6.45, 7) is 1.45. The van der Waals surface area contributed by atoms with E-state index < -0.39 is 0 Å². The topological polar surface area (TPSA) is 59.3 Å². The molecule has 0 spiro atoms. The van der Waals surface area contributed by atoms with Crippen LogP contribution in [0.1, 0.15) is 41.7 Å². The van der Waals surface area contributed by atoms with Crippen LogP contribution in [0.3, 0.4) is 0 Å². The van der Waals surface area contributed by atoms with Crippen LogP contribution in [0.2, 0.25) is 0 Å². The van der Waals surface area contributed by atoms with E-state index in [1.807, 2.05) is 23.9 Å². The van der Waals surface area contributed by atoms with Gasteiger partial charge >= 0.3 is 5.63 Å². The van der Waals surface area contributed by atoms with Gasteiger partial charge in [-0.25, -0.2) is 4.79 Å². The molecule has 1 unspecified atom stereocenters. The quantitative estimate of drug-likeness (QED) is 0.644. The number of hydrogen-bond acceptors (Lipinski definition) is 4. The summed E-state index contributed by atoms with van der Waals surface area (Å²) in [7, 11) is 0. The van der Waals surface area contributed by atoms with Crippen LogP contribution < -0.4 is 10.9 Å². The van der Waals surface area contributed by atoms with Crippen LogP contribution in [0.15, 0.2) is 57.7 Å². The van der Waals surface area contributed by atoms with E-state index in [0.717, 1.165) is 29.5 Å². The average Bonchev–Trinajstić information content (AvgIpc) is 2.65. The molecule has 5 heteroatoms. The molecule has 1 aliphatic rings. The zero-order valence-corrected chi connectivity index (χ0v) is 16.0. The fourth-order valence-electron chi connectivity index (χ4n) is 3.70. The van der Waals surface area contributed by atoms with Crippen molar-refractivity contribution < 1.29 is 9.21 Å². The largest absolute Gasteiger partial charge is 0.423 e. The Bertz CT molecular complexity index is 1060. The Hall–Kier alpha value is -2.53. The van der Waals surface area contributed by atoms with E-state index in [9.17, 15) is 9.59 Å². The van der Waals surface area contributed by atoms with Crippen molar-refractivity contribution in [2.24, 2.45) is 0 Å². The lowest BCUT2D eigenvalue weighted by molar-refractivity contribution is -0.114. The molecule has 4 nitrogen and oxygen atoms in total. The van der Waals surface area contributed by atoms with Gasteiger partial charge in [-0.05, 0) is 48.1 Å². The number of rotatable bonds is 4. The highest BCUT2D eigenvalue weighted by Gasteiger charge is 2.20. The molecule has 1 heterocycles. The molecule has 1 N–H and O–H groups in total. The number of benzene rings is 2. The molecular weight excluding hydrogens is 358 g/mol. The second-order valence-electron chi connectivity index (χ2n) is 6.87. The second-order valence-corrected chi connectivity index (χ2v) is 8.06. The maximum atomic E-state index is 12.0.